The molecule has 1 aromatic rings. The normalized spacial score (nSPS) is 15.1. The fraction of sp³-hybridized carbons (Fsp3) is 0.667. The van der Waals surface area contributed by atoms with Crippen LogP contribution in [0.5, 0.6) is 0 Å². The van der Waals surface area contributed by atoms with E-state index in [1.807, 2.05) is 0 Å². The summed E-state index contributed by atoms with van der Waals surface area (Å²) in [6.07, 6.45) is 4.01. The molecule has 0 atom stereocenters. The van der Waals surface area contributed by atoms with Gasteiger partial charge in [-0.2, -0.15) is 0 Å². The summed E-state index contributed by atoms with van der Waals surface area (Å²) in [6, 6.07) is 7.68. The Morgan fingerprint density at radius 3 is 2.67 bits per heavy atom. The Balaban J connectivity index is 1.91. The molecule has 1 N–H and O–H groups in total. The molecule has 0 aliphatic heterocycles. The summed E-state index contributed by atoms with van der Waals surface area (Å²) in [6.45, 7) is 11.1. The molecule has 0 heterocycles. The highest BCUT2D eigenvalue weighted by Crippen LogP contribution is 2.30. The predicted molar refractivity (Wildman–Crippen MR) is 94.4 cm³/mol. The van der Waals surface area contributed by atoms with Gasteiger partial charge < -0.3 is 5.32 Å². The van der Waals surface area contributed by atoms with Gasteiger partial charge in [-0.1, -0.05) is 48.8 Å². The predicted octanol–water partition coefficient (Wildman–Crippen LogP) is 4.57. The molecule has 2 nitrogen and oxygen atoms in total. The Hall–Kier alpha value is -0.380. The van der Waals surface area contributed by atoms with Crippen LogP contribution in [-0.2, 0) is 13.1 Å². The quantitative estimate of drug-likeness (QED) is 0.700. The largest absolute Gasteiger partial charge is 0.312 e. The minimum atomic E-state index is 0.703. The van der Waals surface area contributed by atoms with Gasteiger partial charge in [0, 0.05) is 23.6 Å². The molecule has 118 valence electrons. The zero-order valence-electron chi connectivity index (χ0n) is 13.7. The van der Waals surface area contributed by atoms with Gasteiger partial charge in [0.25, 0.3) is 0 Å². The first kappa shape index (κ1) is 17.0. The van der Waals surface area contributed by atoms with Gasteiger partial charge in [-0.05, 0) is 55.5 Å². The molecule has 3 heteroatoms. The van der Waals surface area contributed by atoms with Crippen LogP contribution in [0.3, 0.4) is 0 Å². The van der Waals surface area contributed by atoms with Crippen LogP contribution in [0, 0.1) is 5.92 Å². The molecule has 0 bridgehead atoms. The van der Waals surface area contributed by atoms with Gasteiger partial charge in [0.05, 0.1) is 0 Å². The average molecular weight is 353 g/mol. The highest BCUT2D eigenvalue weighted by Gasteiger charge is 2.28. The smallest absolute Gasteiger partial charge is 0.0247 e. The van der Waals surface area contributed by atoms with Crippen molar-refractivity contribution in [1.82, 2.24) is 10.2 Å². The van der Waals surface area contributed by atoms with Gasteiger partial charge in [-0.25, -0.2) is 0 Å². The first-order valence-electron chi connectivity index (χ1n) is 8.32. The maximum atomic E-state index is 3.76. The molecule has 0 saturated heterocycles. The Morgan fingerprint density at radius 1 is 1.33 bits per heavy atom. The van der Waals surface area contributed by atoms with Crippen molar-refractivity contribution in [3.05, 3.63) is 33.8 Å². The molecule has 0 amide bonds. The van der Waals surface area contributed by atoms with E-state index < -0.39 is 0 Å². The van der Waals surface area contributed by atoms with Crippen molar-refractivity contribution < 1.29 is 0 Å². The second kappa shape index (κ2) is 8.30. The molecule has 21 heavy (non-hydrogen) atoms. The second-order valence-electron chi connectivity index (χ2n) is 6.65. The first-order valence-corrected chi connectivity index (χ1v) is 9.11. The van der Waals surface area contributed by atoms with E-state index in [4.69, 9.17) is 0 Å². The number of nitrogens with zero attached hydrogens (tertiary/aromatic N) is 1. The third-order valence-corrected chi connectivity index (χ3v) is 4.68. The maximum Gasteiger partial charge on any atom is 0.0247 e. The van der Waals surface area contributed by atoms with Crippen LogP contribution < -0.4 is 5.32 Å². The molecule has 1 aliphatic carbocycles. The van der Waals surface area contributed by atoms with Crippen LogP contribution in [0.2, 0.25) is 0 Å². The summed E-state index contributed by atoms with van der Waals surface area (Å²) in [5.74, 6) is 0.703. The standard InChI is InChI=1S/C18H29BrN2/c1-4-9-21(17-7-8-17)13-16-6-5-15(10-18(16)19)12-20-11-14(2)3/h5-6,10,14,17,20H,4,7-9,11-13H2,1-3H3. The number of halogens is 1. The monoisotopic (exact) mass is 352 g/mol. The highest BCUT2D eigenvalue weighted by molar-refractivity contribution is 9.10. The van der Waals surface area contributed by atoms with Gasteiger partial charge in [0.1, 0.15) is 0 Å². The van der Waals surface area contributed by atoms with Crippen LogP contribution in [0.15, 0.2) is 22.7 Å². The molecule has 1 aromatic carbocycles. The van der Waals surface area contributed by atoms with Crippen LogP contribution >= 0.6 is 15.9 Å². The SMILES string of the molecule is CCCN(Cc1ccc(CNCC(C)C)cc1Br)C1CC1. The van der Waals surface area contributed by atoms with Gasteiger partial charge in [-0.15, -0.1) is 0 Å². The minimum absolute atomic E-state index is 0.703. The van der Waals surface area contributed by atoms with Crippen LogP contribution in [0.1, 0.15) is 51.2 Å². The Kier molecular flexibility index (Phi) is 6.72. The summed E-state index contributed by atoms with van der Waals surface area (Å²) < 4.78 is 1.26. The highest BCUT2D eigenvalue weighted by atomic mass is 79.9. The van der Waals surface area contributed by atoms with Crippen LogP contribution in [-0.4, -0.2) is 24.0 Å². The topological polar surface area (TPSA) is 15.3 Å². The second-order valence-corrected chi connectivity index (χ2v) is 7.51. The Morgan fingerprint density at radius 2 is 2.10 bits per heavy atom. The Bertz CT molecular complexity index is 441. The summed E-state index contributed by atoms with van der Waals surface area (Å²) in [7, 11) is 0. The van der Waals surface area contributed by atoms with Gasteiger partial charge >= 0.3 is 0 Å². The van der Waals surface area contributed by atoms with Gasteiger partial charge in [0.2, 0.25) is 0 Å². The molecule has 1 saturated carbocycles. The van der Waals surface area contributed by atoms with E-state index in [1.165, 1.54) is 41.4 Å². The molecular formula is C18H29BrN2. The van der Waals surface area contributed by atoms with Crippen molar-refractivity contribution in [2.45, 2.75) is 59.2 Å². The molecule has 1 fully saturated rings. The van der Waals surface area contributed by atoms with Crippen molar-refractivity contribution in [2.75, 3.05) is 13.1 Å². The zero-order valence-corrected chi connectivity index (χ0v) is 15.2. The van der Waals surface area contributed by atoms with E-state index in [1.54, 1.807) is 0 Å². The number of rotatable bonds is 9. The fourth-order valence-electron chi connectivity index (χ4n) is 2.67. The molecule has 1 aliphatic rings. The molecule has 2 rings (SSSR count). The van der Waals surface area contributed by atoms with Crippen molar-refractivity contribution in [3.8, 4) is 0 Å². The number of benzene rings is 1. The lowest BCUT2D eigenvalue weighted by atomic mass is 10.1. The summed E-state index contributed by atoms with van der Waals surface area (Å²) in [5.41, 5.74) is 2.78. The van der Waals surface area contributed by atoms with Crippen molar-refractivity contribution >= 4 is 15.9 Å². The fourth-order valence-corrected chi connectivity index (χ4v) is 3.22. The number of hydrogen-bond donors (Lipinski definition) is 1. The third-order valence-electron chi connectivity index (χ3n) is 3.95. The molecule has 0 aromatic heterocycles. The first-order chi connectivity index (χ1) is 10.1. The lowest BCUT2D eigenvalue weighted by Gasteiger charge is -2.22. The van der Waals surface area contributed by atoms with E-state index in [0.29, 0.717) is 5.92 Å². The minimum Gasteiger partial charge on any atom is -0.312 e. The van der Waals surface area contributed by atoms with Crippen molar-refractivity contribution in [1.29, 1.82) is 0 Å². The van der Waals surface area contributed by atoms with E-state index in [2.05, 4.69) is 65.1 Å². The van der Waals surface area contributed by atoms with Crippen molar-refractivity contribution in [2.24, 2.45) is 5.92 Å². The summed E-state index contributed by atoms with van der Waals surface area (Å²) in [4.78, 5) is 2.64. The van der Waals surface area contributed by atoms with E-state index in [0.717, 1.165) is 25.7 Å². The lowest BCUT2D eigenvalue weighted by molar-refractivity contribution is 0.255. The van der Waals surface area contributed by atoms with Gasteiger partial charge in [-0.3, -0.25) is 4.90 Å². The van der Waals surface area contributed by atoms with E-state index >= 15 is 0 Å². The molecule has 0 radical (unpaired) electrons. The van der Waals surface area contributed by atoms with Crippen LogP contribution in [0.4, 0.5) is 0 Å². The number of nitrogens with one attached hydrogen (secondary N) is 1. The maximum absolute atomic E-state index is 3.76. The summed E-state index contributed by atoms with van der Waals surface area (Å²) in [5, 5.41) is 3.51. The van der Waals surface area contributed by atoms with Crippen LogP contribution in [0.25, 0.3) is 0 Å². The average Bonchev–Trinajstić information content (AvgIpc) is 3.25. The van der Waals surface area contributed by atoms with E-state index in [9.17, 15) is 0 Å². The van der Waals surface area contributed by atoms with Crippen molar-refractivity contribution in [3.63, 3.8) is 0 Å². The lowest BCUT2D eigenvalue weighted by Crippen LogP contribution is -2.26. The zero-order chi connectivity index (χ0) is 15.2. The van der Waals surface area contributed by atoms with E-state index in [-0.39, 0.29) is 0 Å². The molecular weight excluding hydrogens is 324 g/mol. The van der Waals surface area contributed by atoms with Gasteiger partial charge in [0.15, 0.2) is 0 Å². The number of hydrogen-bond acceptors (Lipinski definition) is 2. The summed E-state index contributed by atoms with van der Waals surface area (Å²) >= 11 is 3.76. The molecule has 0 unspecified atom stereocenters. The molecule has 0 spiro atoms. The Labute approximate surface area is 138 Å². The third kappa shape index (κ3) is 5.72.